The maximum Gasteiger partial charge on any atom is 0.137 e. The van der Waals surface area contributed by atoms with E-state index >= 15 is 0 Å². The second-order valence-electron chi connectivity index (χ2n) is 5.90. The molecule has 0 bridgehead atoms. The predicted octanol–water partition coefficient (Wildman–Crippen LogP) is 2.64. The van der Waals surface area contributed by atoms with E-state index in [4.69, 9.17) is 9.72 Å². The monoisotopic (exact) mass is 292 g/mol. The highest BCUT2D eigenvalue weighted by molar-refractivity contribution is 5.58. The van der Waals surface area contributed by atoms with Crippen LogP contribution in [0.5, 0.6) is 0 Å². The van der Waals surface area contributed by atoms with E-state index in [9.17, 15) is 0 Å². The number of aryl methyl sites for hydroxylation is 1. The quantitative estimate of drug-likeness (QED) is 0.873. The molecule has 1 fully saturated rings. The Morgan fingerprint density at radius 3 is 2.81 bits per heavy atom. The van der Waals surface area contributed by atoms with Gasteiger partial charge in [0.25, 0.3) is 0 Å². The largest absolute Gasteiger partial charge is 0.381 e. The highest BCUT2D eigenvalue weighted by Crippen LogP contribution is 2.25. The fourth-order valence-electron chi connectivity index (χ4n) is 2.93. The number of ether oxygens (including phenoxy) is 1. The highest BCUT2D eigenvalue weighted by atomic mass is 16.5. The Hall–Kier alpha value is -1.36. The second-order valence-corrected chi connectivity index (χ2v) is 5.90. The number of rotatable bonds is 6. The molecule has 21 heavy (non-hydrogen) atoms. The van der Waals surface area contributed by atoms with Crippen molar-refractivity contribution < 1.29 is 4.74 Å². The van der Waals surface area contributed by atoms with Crippen molar-refractivity contribution in [1.29, 1.82) is 0 Å². The third-order valence-electron chi connectivity index (χ3n) is 4.03. The molecule has 1 aliphatic rings. The first-order valence-electron chi connectivity index (χ1n) is 7.99. The smallest absolute Gasteiger partial charge is 0.137 e. The molecule has 0 aromatic carbocycles. The van der Waals surface area contributed by atoms with E-state index < -0.39 is 0 Å². The number of hydrogen-bond acceptors (Lipinski definition) is 5. The Kier molecular flexibility index (Phi) is 5.79. The lowest BCUT2D eigenvalue weighted by atomic mass is 10.0. The van der Waals surface area contributed by atoms with Crippen molar-refractivity contribution in [1.82, 2.24) is 9.97 Å². The minimum absolute atomic E-state index is 0.603. The molecule has 0 radical (unpaired) electrons. The first-order chi connectivity index (χ1) is 10.2. The van der Waals surface area contributed by atoms with Gasteiger partial charge in [0.15, 0.2) is 0 Å². The minimum atomic E-state index is 0.603. The fraction of sp³-hybridized carbons (Fsp3) is 0.750. The molecular formula is C16H28N4O. The molecule has 1 saturated heterocycles. The molecular weight excluding hydrogens is 264 g/mol. The molecule has 1 atom stereocenters. The Labute approximate surface area is 128 Å². The van der Waals surface area contributed by atoms with Crippen molar-refractivity contribution in [3.05, 3.63) is 11.4 Å². The number of nitrogens with zero attached hydrogens (tertiary/aromatic N) is 3. The highest BCUT2D eigenvalue weighted by Gasteiger charge is 2.19. The van der Waals surface area contributed by atoms with Crippen LogP contribution in [0.25, 0.3) is 0 Å². The maximum atomic E-state index is 5.58. The van der Waals surface area contributed by atoms with Crippen molar-refractivity contribution in [3.63, 3.8) is 0 Å². The fourth-order valence-corrected chi connectivity index (χ4v) is 2.93. The van der Waals surface area contributed by atoms with Crippen LogP contribution in [0.1, 0.15) is 37.6 Å². The first-order valence-corrected chi connectivity index (χ1v) is 7.99. The van der Waals surface area contributed by atoms with Gasteiger partial charge < -0.3 is 15.0 Å². The standard InChI is InChI=1S/C16H28N4O/c1-5-7-14-18-15(17-3)12(2)16(19-14)20(4)10-13-8-6-9-21-11-13/h13H,5-11H2,1-4H3,(H,17,18,19). The average Bonchev–Trinajstić information content (AvgIpc) is 2.50. The van der Waals surface area contributed by atoms with E-state index in [1.807, 2.05) is 7.05 Å². The summed E-state index contributed by atoms with van der Waals surface area (Å²) >= 11 is 0. The topological polar surface area (TPSA) is 50.3 Å². The van der Waals surface area contributed by atoms with Gasteiger partial charge in [-0.15, -0.1) is 0 Å². The van der Waals surface area contributed by atoms with Gasteiger partial charge in [-0.3, -0.25) is 0 Å². The van der Waals surface area contributed by atoms with Gasteiger partial charge in [-0.05, 0) is 32.1 Å². The van der Waals surface area contributed by atoms with Gasteiger partial charge in [0, 0.05) is 39.2 Å². The van der Waals surface area contributed by atoms with Crippen LogP contribution in [0.15, 0.2) is 0 Å². The SMILES string of the molecule is CCCc1nc(NC)c(C)c(N(C)CC2CCCOC2)n1. The molecule has 1 aromatic heterocycles. The molecule has 0 spiro atoms. The Morgan fingerprint density at radius 1 is 1.38 bits per heavy atom. The van der Waals surface area contributed by atoms with E-state index in [2.05, 4.69) is 36.1 Å². The second kappa shape index (κ2) is 7.59. The zero-order chi connectivity index (χ0) is 15.2. The molecule has 1 aromatic rings. The summed E-state index contributed by atoms with van der Waals surface area (Å²) < 4.78 is 5.58. The van der Waals surface area contributed by atoms with Gasteiger partial charge in [0.2, 0.25) is 0 Å². The normalized spacial score (nSPS) is 18.6. The number of nitrogens with one attached hydrogen (secondary N) is 1. The van der Waals surface area contributed by atoms with Crippen LogP contribution < -0.4 is 10.2 Å². The van der Waals surface area contributed by atoms with Gasteiger partial charge in [0.05, 0.1) is 6.61 Å². The van der Waals surface area contributed by atoms with Crippen molar-refractivity contribution in [3.8, 4) is 0 Å². The zero-order valence-corrected chi connectivity index (χ0v) is 13.8. The lowest BCUT2D eigenvalue weighted by molar-refractivity contribution is 0.0576. The van der Waals surface area contributed by atoms with Crippen molar-refractivity contribution in [2.75, 3.05) is 44.1 Å². The van der Waals surface area contributed by atoms with E-state index in [0.717, 1.165) is 55.6 Å². The summed E-state index contributed by atoms with van der Waals surface area (Å²) in [6, 6.07) is 0. The Bertz CT molecular complexity index is 458. The molecule has 118 valence electrons. The Balaban J connectivity index is 2.17. The molecule has 0 aliphatic carbocycles. The van der Waals surface area contributed by atoms with Gasteiger partial charge in [-0.2, -0.15) is 0 Å². The molecule has 5 heteroatoms. The summed E-state index contributed by atoms with van der Waals surface area (Å²) in [6.45, 7) is 7.02. The molecule has 1 unspecified atom stereocenters. The zero-order valence-electron chi connectivity index (χ0n) is 13.8. The Morgan fingerprint density at radius 2 is 2.19 bits per heavy atom. The summed E-state index contributed by atoms with van der Waals surface area (Å²) in [4.78, 5) is 11.6. The summed E-state index contributed by atoms with van der Waals surface area (Å²) in [5.41, 5.74) is 1.12. The number of aromatic nitrogens is 2. The average molecular weight is 292 g/mol. The van der Waals surface area contributed by atoms with Crippen LogP contribution in [0.2, 0.25) is 0 Å². The molecule has 0 amide bonds. The van der Waals surface area contributed by atoms with E-state index in [-0.39, 0.29) is 0 Å². The van der Waals surface area contributed by atoms with Gasteiger partial charge >= 0.3 is 0 Å². The molecule has 5 nitrogen and oxygen atoms in total. The van der Waals surface area contributed by atoms with Crippen LogP contribution in [0.3, 0.4) is 0 Å². The van der Waals surface area contributed by atoms with E-state index in [1.165, 1.54) is 12.8 Å². The van der Waals surface area contributed by atoms with Crippen LogP contribution >= 0.6 is 0 Å². The predicted molar refractivity (Wildman–Crippen MR) is 87.1 cm³/mol. The molecule has 0 saturated carbocycles. The van der Waals surface area contributed by atoms with E-state index in [0.29, 0.717) is 5.92 Å². The molecule has 1 N–H and O–H groups in total. The third kappa shape index (κ3) is 4.06. The molecule has 1 aliphatic heterocycles. The van der Waals surface area contributed by atoms with Crippen molar-refractivity contribution >= 4 is 11.6 Å². The summed E-state index contributed by atoms with van der Waals surface area (Å²) in [5.74, 6) is 3.51. The van der Waals surface area contributed by atoms with Gasteiger partial charge in [0.1, 0.15) is 17.5 Å². The maximum absolute atomic E-state index is 5.58. The van der Waals surface area contributed by atoms with Crippen LogP contribution in [0.4, 0.5) is 11.6 Å². The first kappa shape index (κ1) is 16.0. The minimum Gasteiger partial charge on any atom is -0.381 e. The summed E-state index contributed by atoms with van der Waals surface area (Å²) in [6.07, 6.45) is 4.40. The van der Waals surface area contributed by atoms with Crippen molar-refractivity contribution in [2.45, 2.75) is 39.5 Å². The third-order valence-corrected chi connectivity index (χ3v) is 4.03. The van der Waals surface area contributed by atoms with E-state index in [1.54, 1.807) is 0 Å². The summed E-state index contributed by atoms with van der Waals surface area (Å²) in [7, 11) is 4.04. The summed E-state index contributed by atoms with van der Waals surface area (Å²) in [5, 5.41) is 3.19. The van der Waals surface area contributed by atoms with Crippen LogP contribution in [-0.2, 0) is 11.2 Å². The van der Waals surface area contributed by atoms with Gasteiger partial charge in [-0.1, -0.05) is 6.92 Å². The number of hydrogen-bond donors (Lipinski definition) is 1. The van der Waals surface area contributed by atoms with Crippen molar-refractivity contribution in [2.24, 2.45) is 5.92 Å². The molecule has 2 rings (SSSR count). The lowest BCUT2D eigenvalue weighted by Gasteiger charge is -2.29. The molecule has 2 heterocycles. The van der Waals surface area contributed by atoms with Crippen LogP contribution in [0, 0.1) is 12.8 Å². The van der Waals surface area contributed by atoms with Gasteiger partial charge in [-0.25, -0.2) is 9.97 Å². The lowest BCUT2D eigenvalue weighted by Crippen LogP contribution is -2.32. The number of anilines is 2. The van der Waals surface area contributed by atoms with Crippen LogP contribution in [-0.4, -0.2) is 43.8 Å².